The van der Waals surface area contributed by atoms with E-state index in [4.69, 9.17) is 9.47 Å². The predicted octanol–water partition coefficient (Wildman–Crippen LogP) is 4.09. The molecule has 150 valence electrons. The quantitative estimate of drug-likeness (QED) is 0.599. The number of amides is 1. The number of ether oxygens (including phenoxy) is 2. The molecule has 0 unspecified atom stereocenters. The predicted molar refractivity (Wildman–Crippen MR) is 107 cm³/mol. The third kappa shape index (κ3) is 3.95. The van der Waals surface area contributed by atoms with Gasteiger partial charge in [0.15, 0.2) is 11.5 Å². The first-order valence-electron chi connectivity index (χ1n) is 9.08. The van der Waals surface area contributed by atoms with Crippen LogP contribution in [0.25, 0.3) is 0 Å². The summed E-state index contributed by atoms with van der Waals surface area (Å²) in [4.78, 5) is 16.1. The minimum atomic E-state index is -0.329. The molecule has 0 saturated heterocycles. The Balaban J connectivity index is 1.67. The minimum Gasteiger partial charge on any atom is -0.490 e. The van der Waals surface area contributed by atoms with E-state index in [2.05, 4.69) is 31.3 Å². The van der Waals surface area contributed by atoms with Gasteiger partial charge in [-0.1, -0.05) is 18.2 Å². The molecule has 0 bridgehead atoms. The van der Waals surface area contributed by atoms with Crippen LogP contribution in [0.1, 0.15) is 30.5 Å². The van der Waals surface area contributed by atoms with Gasteiger partial charge in [-0.15, -0.1) is 0 Å². The number of hydrogen-bond acceptors (Lipinski definition) is 5. The maximum absolute atomic E-state index is 13.9. The topological polar surface area (TPSA) is 78.3 Å². The molecule has 29 heavy (non-hydrogen) atoms. The van der Waals surface area contributed by atoms with E-state index in [1.807, 2.05) is 19.1 Å². The fourth-order valence-electron chi connectivity index (χ4n) is 3.21. The zero-order chi connectivity index (χ0) is 20.4. The van der Waals surface area contributed by atoms with Crippen LogP contribution in [-0.2, 0) is 11.4 Å². The number of aromatic nitrogens is 3. The lowest BCUT2D eigenvalue weighted by molar-refractivity contribution is -0.117. The molecule has 1 atom stereocenters. The highest BCUT2D eigenvalue weighted by Gasteiger charge is 2.29. The van der Waals surface area contributed by atoms with Crippen molar-refractivity contribution in [3.05, 3.63) is 64.1 Å². The van der Waals surface area contributed by atoms with E-state index in [-0.39, 0.29) is 30.8 Å². The molecule has 4 rings (SSSR count). The van der Waals surface area contributed by atoms with Gasteiger partial charge in [0.05, 0.1) is 23.5 Å². The lowest BCUT2D eigenvalue weighted by Crippen LogP contribution is -2.29. The molecule has 7 nitrogen and oxygen atoms in total. The summed E-state index contributed by atoms with van der Waals surface area (Å²) in [7, 11) is 0. The van der Waals surface area contributed by atoms with E-state index in [9.17, 15) is 9.18 Å². The van der Waals surface area contributed by atoms with Gasteiger partial charge in [-0.05, 0) is 46.6 Å². The largest absolute Gasteiger partial charge is 0.490 e. The second kappa shape index (κ2) is 8.20. The molecule has 0 aliphatic carbocycles. The summed E-state index contributed by atoms with van der Waals surface area (Å²) in [5.41, 5.74) is 1.27. The van der Waals surface area contributed by atoms with Crippen molar-refractivity contribution >= 4 is 27.8 Å². The molecule has 1 aliphatic rings. The minimum absolute atomic E-state index is 0.0593. The number of benzene rings is 2. The molecular formula is C20H18BrFN4O3. The zero-order valence-electron chi connectivity index (χ0n) is 15.6. The lowest BCUT2D eigenvalue weighted by atomic mass is 10.0. The first-order chi connectivity index (χ1) is 14.1. The van der Waals surface area contributed by atoms with E-state index >= 15 is 0 Å². The molecule has 2 aromatic carbocycles. The first kappa shape index (κ1) is 19.4. The second-order valence-electron chi connectivity index (χ2n) is 6.44. The van der Waals surface area contributed by atoms with Crippen LogP contribution in [0.4, 0.5) is 10.3 Å². The highest BCUT2D eigenvalue weighted by molar-refractivity contribution is 9.10. The van der Waals surface area contributed by atoms with Crippen LogP contribution in [0.2, 0.25) is 0 Å². The number of fused-ring (bicyclic) bond motifs is 1. The van der Waals surface area contributed by atoms with Gasteiger partial charge in [0.2, 0.25) is 11.9 Å². The molecule has 0 saturated carbocycles. The number of nitrogens with zero attached hydrogens (tertiary/aromatic N) is 3. The van der Waals surface area contributed by atoms with Gasteiger partial charge in [0.25, 0.3) is 0 Å². The Labute approximate surface area is 175 Å². The van der Waals surface area contributed by atoms with Gasteiger partial charge in [-0.25, -0.2) is 9.07 Å². The van der Waals surface area contributed by atoms with E-state index < -0.39 is 0 Å². The van der Waals surface area contributed by atoms with Crippen molar-refractivity contribution < 1.29 is 18.7 Å². The average Bonchev–Trinajstić information content (AvgIpc) is 3.16. The molecule has 1 amide bonds. The van der Waals surface area contributed by atoms with Crippen LogP contribution in [0.3, 0.4) is 0 Å². The van der Waals surface area contributed by atoms with Crippen molar-refractivity contribution in [1.82, 2.24) is 14.8 Å². The van der Waals surface area contributed by atoms with Crippen LogP contribution in [0, 0.1) is 5.82 Å². The van der Waals surface area contributed by atoms with Crippen LogP contribution in [-0.4, -0.2) is 27.3 Å². The lowest BCUT2D eigenvalue weighted by Gasteiger charge is -2.25. The highest BCUT2D eigenvalue weighted by Crippen LogP contribution is 2.41. The summed E-state index contributed by atoms with van der Waals surface area (Å²) in [6.45, 7) is 2.35. The van der Waals surface area contributed by atoms with Gasteiger partial charge < -0.3 is 9.47 Å². The molecule has 1 N–H and O–H groups in total. The van der Waals surface area contributed by atoms with Crippen molar-refractivity contribution in [3.8, 4) is 11.5 Å². The molecule has 3 aromatic rings. The summed E-state index contributed by atoms with van der Waals surface area (Å²) in [6, 6.07) is 9.81. The van der Waals surface area contributed by atoms with Crippen molar-refractivity contribution in [2.45, 2.75) is 26.0 Å². The third-order valence-corrected chi connectivity index (χ3v) is 5.13. The second-order valence-corrected chi connectivity index (χ2v) is 7.29. The van der Waals surface area contributed by atoms with Gasteiger partial charge in [-0.2, -0.15) is 10.1 Å². The number of carbonyl (C=O) groups is 1. The van der Waals surface area contributed by atoms with E-state index in [0.717, 1.165) is 5.56 Å². The Morgan fingerprint density at radius 3 is 2.93 bits per heavy atom. The fourth-order valence-corrected chi connectivity index (χ4v) is 3.79. The molecule has 9 heteroatoms. The van der Waals surface area contributed by atoms with Gasteiger partial charge in [0.1, 0.15) is 18.8 Å². The molecular weight excluding hydrogens is 443 g/mol. The zero-order valence-corrected chi connectivity index (χ0v) is 17.1. The van der Waals surface area contributed by atoms with Crippen molar-refractivity contribution in [1.29, 1.82) is 0 Å². The van der Waals surface area contributed by atoms with Gasteiger partial charge >= 0.3 is 0 Å². The van der Waals surface area contributed by atoms with Crippen LogP contribution >= 0.6 is 15.9 Å². The molecule has 0 spiro atoms. The Morgan fingerprint density at radius 1 is 1.31 bits per heavy atom. The summed E-state index contributed by atoms with van der Waals surface area (Å²) in [5.74, 6) is 0.911. The summed E-state index contributed by atoms with van der Waals surface area (Å²) >= 11 is 3.53. The van der Waals surface area contributed by atoms with E-state index in [1.54, 1.807) is 22.9 Å². The van der Waals surface area contributed by atoms with Crippen LogP contribution < -0.4 is 14.8 Å². The Bertz CT molecular complexity index is 1060. The number of hydrogen-bond donors (Lipinski definition) is 1. The smallest absolute Gasteiger partial charge is 0.229 e. The average molecular weight is 461 g/mol. The van der Waals surface area contributed by atoms with Crippen molar-refractivity contribution in [2.75, 3.05) is 11.9 Å². The van der Waals surface area contributed by atoms with Crippen molar-refractivity contribution in [2.24, 2.45) is 0 Å². The standard InChI is InChI=1S/C20H18BrFN4O3/c1-2-28-17-8-13(16-9-18(27)25-20-23-11-24-26(16)20)7-14(21)19(17)29-10-12-5-3-4-6-15(12)22/h3-8,11,16H,2,9-10H2,1H3,(H,23,24,25,27)/t16-/m1/s1. The first-order valence-corrected chi connectivity index (χ1v) is 9.88. The third-order valence-electron chi connectivity index (χ3n) is 4.54. The van der Waals surface area contributed by atoms with Crippen molar-refractivity contribution in [3.63, 3.8) is 0 Å². The van der Waals surface area contributed by atoms with Crippen LogP contribution in [0.15, 0.2) is 47.2 Å². The molecule has 0 fully saturated rings. The monoisotopic (exact) mass is 460 g/mol. The van der Waals surface area contributed by atoms with E-state index in [1.165, 1.54) is 12.4 Å². The Hall–Kier alpha value is -2.94. The Morgan fingerprint density at radius 2 is 2.14 bits per heavy atom. The number of rotatable bonds is 6. The number of halogens is 2. The molecule has 1 aliphatic heterocycles. The number of anilines is 1. The highest BCUT2D eigenvalue weighted by atomic mass is 79.9. The van der Waals surface area contributed by atoms with Gasteiger partial charge in [-0.3, -0.25) is 10.1 Å². The fraction of sp³-hybridized carbons (Fsp3) is 0.250. The summed E-state index contributed by atoms with van der Waals surface area (Å²) in [6.07, 6.45) is 1.63. The van der Waals surface area contributed by atoms with E-state index in [0.29, 0.717) is 34.1 Å². The molecule has 2 heterocycles. The number of nitrogens with one attached hydrogen (secondary N) is 1. The Kier molecular flexibility index (Phi) is 5.48. The summed E-state index contributed by atoms with van der Waals surface area (Å²) in [5, 5.41) is 6.92. The van der Waals surface area contributed by atoms with Crippen LogP contribution in [0.5, 0.6) is 11.5 Å². The maximum Gasteiger partial charge on any atom is 0.229 e. The summed E-state index contributed by atoms with van der Waals surface area (Å²) < 4.78 is 27.9. The normalized spacial score (nSPS) is 15.6. The molecule has 0 radical (unpaired) electrons. The number of carbonyl (C=O) groups excluding carboxylic acids is 1. The molecule has 1 aromatic heterocycles. The van der Waals surface area contributed by atoms with Gasteiger partial charge in [0, 0.05) is 5.56 Å². The SMILES string of the molecule is CCOc1cc([C@H]2CC(=O)Nc3ncnn32)cc(Br)c1OCc1ccccc1F. The maximum atomic E-state index is 13.9.